The van der Waals surface area contributed by atoms with Gasteiger partial charge in [-0.1, -0.05) is 6.07 Å². The summed E-state index contributed by atoms with van der Waals surface area (Å²) in [6, 6.07) is 6.13. The molecule has 0 spiro atoms. The molecular formula is C16H22N2O4. The summed E-state index contributed by atoms with van der Waals surface area (Å²) < 4.78 is 15.4. The zero-order valence-electron chi connectivity index (χ0n) is 12.9. The first-order chi connectivity index (χ1) is 10.7. The van der Waals surface area contributed by atoms with Crippen LogP contribution in [0.1, 0.15) is 12.0 Å². The lowest BCUT2D eigenvalue weighted by molar-refractivity contribution is -0.141. The Morgan fingerprint density at radius 1 is 1.14 bits per heavy atom. The molecule has 0 aromatic heterocycles. The fraction of sp³-hybridized carbons (Fsp3) is 0.562. The predicted octanol–water partition coefficient (Wildman–Crippen LogP) is 1.10. The molecular weight excluding hydrogens is 284 g/mol. The average molecular weight is 306 g/mol. The van der Waals surface area contributed by atoms with Crippen LogP contribution >= 0.6 is 0 Å². The number of piperazine rings is 1. The number of carbonyl (C=O) groups excluding carboxylic acids is 1. The Kier molecular flexibility index (Phi) is 4.80. The van der Waals surface area contributed by atoms with Crippen LogP contribution in [0.3, 0.4) is 0 Å². The predicted molar refractivity (Wildman–Crippen MR) is 80.9 cm³/mol. The highest BCUT2D eigenvalue weighted by Crippen LogP contribution is 2.32. The lowest BCUT2D eigenvalue weighted by atomic mass is 10.1. The zero-order valence-corrected chi connectivity index (χ0v) is 12.9. The van der Waals surface area contributed by atoms with Gasteiger partial charge in [0, 0.05) is 39.3 Å². The van der Waals surface area contributed by atoms with E-state index in [-0.39, 0.29) is 5.97 Å². The van der Waals surface area contributed by atoms with Gasteiger partial charge >= 0.3 is 5.97 Å². The molecule has 0 N–H and O–H groups in total. The van der Waals surface area contributed by atoms with Crippen LogP contribution in [0.2, 0.25) is 0 Å². The standard InChI is InChI=1S/C16H22N2O4/c1-20-16(19)4-5-17-6-8-18(9-7-17)11-13-2-3-14-15(10-13)22-12-21-14/h2-3,10H,4-9,11-12H2,1H3. The van der Waals surface area contributed by atoms with E-state index in [1.165, 1.54) is 12.7 Å². The highest BCUT2D eigenvalue weighted by molar-refractivity contribution is 5.69. The molecule has 2 aliphatic rings. The molecule has 2 aliphatic heterocycles. The smallest absolute Gasteiger partial charge is 0.306 e. The second-order valence-electron chi connectivity index (χ2n) is 5.63. The lowest BCUT2D eigenvalue weighted by Crippen LogP contribution is -2.46. The maximum Gasteiger partial charge on any atom is 0.306 e. The van der Waals surface area contributed by atoms with Gasteiger partial charge in [0.15, 0.2) is 11.5 Å². The van der Waals surface area contributed by atoms with Gasteiger partial charge in [-0.15, -0.1) is 0 Å². The summed E-state index contributed by atoms with van der Waals surface area (Å²) in [6.07, 6.45) is 0.471. The molecule has 1 fully saturated rings. The van der Waals surface area contributed by atoms with Crippen LogP contribution < -0.4 is 9.47 Å². The highest BCUT2D eigenvalue weighted by atomic mass is 16.7. The minimum Gasteiger partial charge on any atom is -0.469 e. The van der Waals surface area contributed by atoms with Crippen LogP contribution in [0.4, 0.5) is 0 Å². The first-order valence-corrected chi connectivity index (χ1v) is 7.64. The molecule has 3 rings (SSSR count). The van der Waals surface area contributed by atoms with Gasteiger partial charge in [0.25, 0.3) is 0 Å². The number of rotatable bonds is 5. The van der Waals surface area contributed by atoms with E-state index in [1.807, 2.05) is 6.07 Å². The first kappa shape index (κ1) is 15.1. The maximum atomic E-state index is 11.2. The highest BCUT2D eigenvalue weighted by Gasteiger charge is 2.19. The van der Waals surface area contributed by atoms with E-state index in [0.717, 1.165) is 50.8 Å². The summed E-state index contributed by atoms with van der Waals surface area (Å²) in [5.41, 5.74) is 1.24. The van der Waals surface area contributed by atoms with Crippen molar-refractivity contribution >= 4 is 5.97 Å². The zero-order chi connectivity index (χ0) is 15.4. The van der Waals surface area contributed by atoms with Crippen LogP contribution in [0.15, 0.2) is 18.2 Å². The van der Waals surface area contributed by atoms with Gasteiger partial charge in [-0.2, -0.15) is 0 Å². The molecule has 22 heavy (non-hydrogen) atoms. The second kappa shape index (κ2) is 6.98. The molecule has 1 aromatic rings. The summed E-state index contributed by atoms with van der Waals surface area (Å²) in [5, 5.41) is 0. The topological polar surface area (TPSA) is 51.2 Å². The quantitative estimate of drug-likeness (QED) is 0.759. The number of nitrogens with zero attached hydrogens (tertiary/aromatic N) is 2. The van der Waals surface area contributed by atoms with Gasteiger partial charge < -0.3 is 19.1 Å². The number of ether oxygens (including phenoxy) is 3. The molecule has 120 valence electrons. The molecule has 1 aromatic carbocycles. The molecule has 0 saturated carbocycles. The summed E-state index contributed by atoms with van der Waals surface area (Å²) in [7, 11) is 1.44. The van der Waals surface area contributed by atoms with Crippen molar-refractivity contribution in [3.63, 3.8) is 0 Å². The second-order valence-corrected chi connectivity index (χ2v) is 5.63. The van der Waals surface area contributed by atoms with Crippen molar-refractivity contribution in [3.8, 4) is 11.5 Å². The van der Waals surface area contributed by atoms with Crippen molar-refractivity contribution in [2.75, 3.05) is 46.6 Å². The number of esters is 1. The Bertz CT molecular complexity index is 527. The Morgan fingerprint density at radius 3 is 2.64 bits per heavy atom. The normalized spacial score (nSPS) is 18.4. The van der Waals surface area contributed by atoms with E-state index in [4.69, 9.17) is 9.47 Å². The summed E-state index contributed by atoms with van der Waals surface area (Å²) in [4.78, 5) is 15.9. The summed E-state index contributed by atoms with van der Waals surface area (Å²) in [6.45, 7) is 6.01. The van der Waals surface area contributed by atoms with E-state index in [0.29, 0.717) is 13.2 Å². The Balaban J connectivity index is 1.45. The summed E-state index contributed by atoms with van der Waals surface area (Å²) >= 11 is 0. The Morgan fingerprint density at radius 2 is 1.86 bits per heavy atom. The molecule has 0 unspecified atom stereocenters. The van der Waals surface area contributed by atoms with E-state index in [2.05, 4.69) is 26.7 Å². The largest absolute Gasteiger partial charge is 0.469 e. The van der Waals surface area contributed by atoms with Crippen molar-refractivity contribution in [1.82, 2.24) is 9.80 Å². The van der Waals surface area contributed by atoms with Crippen LogP contribution in [-0.4, -0.2) is 62.4 Å². The van der Waals surface area contributed by atoms with Crippen molar-refractivity contribution < 1.29 is 19.0 Å². The van der Waals surface area contributed by atoms with Crippen molar-refractivity contribution in [1.29, 1.82) is 0 Å². The van der Waals surface area contributed by atoms with E-state index in [1.54, 1.807) is 0 Å². The van der Waals surface area contributed by atoms with E-state index >= 15 is 0 Å². The molecule has 6 nitrogen and oxygen atoms in total. The molecule has 1 saturated heterocycles. The fourth-order valence-electron chi connectivity index (χ4n) is 2.82. The van der Waals surface area contributed by atoms with Gasteiger partial charge in [0.05, 0.1) is 13.5 Å². The third kappa shape index (κ3) is 3.69. The number of hydrogen-bond acceptors (Lipinski definition) is 6. The molecule has 0 atom stereocenters. The van der Waals surface area contributed by atoms with Gasteiger partial charge in [0.1, 0.15) is 0 Å². The van der Waals surface area contributed by atoms with Crippen molar-refractivity contribution in [2.24, 2.45) is 0 Å². The average Bonchev–Trinajstić information content (AvgIpc) is 3.01. The van der Waals surface area contributed by atoms with Crippen LogP contribution in [0.25, 0.3) is 0 Å². The number of carbonyl (C=O) groups is 1. The third-order valence-electron chi connectivity index (χ3n) is 4.17. The first-order valence-electron chi connectivity index (χ1n) is 7.64. The third-order valence-corrected chi connectivity index (χ3v) is 4.17. The Labute approximate surface area is 130 Å². The number of fused-ring (bicyclic) bond motifs is 1. The van der Waals surface area contributed by atoms with Gasteiger partial charge in [-0.05, 0) is 17.7 Å². The van der Waals surface area contributed by atoms with Gasteiger partial charge in [-0.25, -0.2) is 0 Å². The number of benzene rings is 1. The van der Waals surface area contributed by atoms with Crippen LogP contribution in [0, 0.1) is 0 Å². The number of methoxy groups -OCH3 is 1. The molecule has 0 bridgehead atoms. The SMILES string of the molecule is COC(=O)CCN1CCN(Cc2ccc3c(c2)OCO3)CC1. The minimum absolute atomic E-state index is 0.136. The molecule has 0 amide bonds. The van der Waals surface area contributed by atoms with Gasteiger partial charge in [0.2, 0.25) is 6.79 Å². The van der Waals surface area contributed by atoms with Crippen LogP contribution in [0.5, 0.6) is 11.5 Å². The van der Waals surface area contributed by atoms with Crippen molar-refractivity contribution in [3.05, 3.63) is 23.8 Å². The van der Waals surface area contributed by atoms with E-state index < -0.39 is 0 Å². The number of hydrogen-bond donors (Lipinski definition) is 0. The fourth-order valence-corrected chi connectivity index (χ4v) is 2.82. The van der Waals surface area contributed by atoms with E-state index in [9.17, 15) is 4.79 Å². The summed E-state index contributed by atoms with van der Waals surface area (Å²) in [5.74, 6) is 1.54. The molecule has 0 radical (unpaired) electrons. The molecule has 6 heteroatoms. The molecule has 2 heterocycles. The molecule has 0 aliphatic carbocycles. The monoisotopic (exact) mass is 306 g/mol. The van der Waals surface area contributed by atoms with Gasteiger partial charge in [-0.3, -0.25) is 9.69 Å². The Hall–Kier alpha value is -1.79. The van der Waals surface area contributed by atoms with Crippen molar-refractivity contribution in [2.45, 2.75) is 13.0 Å². The maximum absolute atomic E-state index is 11.2. The lowest BCUT2D eigenvalue weighted by Gasteiger charge is -2.34. The van der Waals surface area contributed by atoms with Crippen LogP contribution in [-0.2, 0) is 16.1 Å². The minimum atomic E-state index is -0.136.